The molecule has 6 nitrogen and oxygen atoms in total. The molecule has 23 heavy (non-hydrogen) atoms. The Balaban J connectivity index is 1.78. The number of halogens is 1. The van der Waals surface area contributed by atoms with Gasteiger partial charge in [-0.3, -0.25) is 19.4 Å². The van der Waals surface area contributed by atoms with E-state index in [-0.39, 0.29) is 19.0 Å². The number of carboxylic acid groups (broad SMARTS) is 1. The molecule has 1 atom stereocenters. The quantitative estimate of drug-likeness (QED) is 0.815. The second-order valence-corrected chi connectivity index (χ2v) is 6.15. The minimum atomic E-state index is -1.03. The lowest BCUT2D eigenvalue weighted by molar-refractivity contribution is -0.138. The summed E-state index contributed by atoms with van der Waals surface area (Å²) in [6.45, 7) is 5.41. The van der Waals surface area contributed by atoms with Gasteiger partial charge in [0.25, 0.3) is 0 Å². The number of piperazine rings is 1. The molecule has 0 aromatic heterocycles. The summed E-state index contributed by atoms with van der Waals surface area (Å²) in [5, 5.41) is 11.7. The van der Waals surface area contributed by atoms with Gasteiger partial charge in [0.15, 0.2) is 0 Å². The molecule has 1 fully saturated rings. The van der Waals surface area contributed by atoms with Crippen molar-refractivity contribution in [1.82, 2.24) is 15.1 Å². The summed E-state index contributed by atoms with van der Waals surface area (Å²) in [4.78, 5) is 26.5. The van der Waals surface area contributed by atoms with Crippen LogP contribution in [0.25, 0.3) is 0 Å². The van der Waals surface area contributed by atoms with Crippen LogP contribution in [0.2, 0.25) is 5.02 Å². The van der Waals surface area contributed by atoms with Crippen molar-refractivity contribution in [3.8, 4) is 0 Å². The molecule has 0 spiro atoms. The number of nitrogens with one attached hydrogen (secondary N) is 1. The first-order chi connectivity index (χ1) is 11.0. The number of amides is 1. The Bertz CT molecular complexity index is 542. The molecule has 2 rings (SSSR count). The first-order valence-corrected chi connectivity index (χ1v) is 8.04. The molecule has 1 heterocycles. The van der Waals surface area contributed by atoms with Gasteiger partial charge in [0, 0.05) is 37.2 Å². The fraction of sp³-hybridized carbons (Fsp3) is 0.500. The molecule has 1 aromatic carbocycles. The number of rotatable bonds is 6. The molecule has 1 unspecified atom stereocenters. The molecule has 0 radical (unpaired) electrons. The van der Waals surface area contributed by atoms with Crippen molar-refractivity contribution in [2.45, 2.75) is 13.0 Å². The van der Waals surface area contributed by atoms with E-state index in [4.69, 9.17) is 16.7 Å². The van der Waals surface area contributed by atoms with Crippen LogP contribution in [0.1, 0.15) is 18.5 Å². The van der Waals surface area contributed by atoms with E-state index in [2.05, 4.69) is 17.1 Å². The third-order valence-electron chi connectivity index (χ3n) is 4.11. The van der Waals surface area contributed by atoms with E-state index in [0.717, 1.165) is 31.2 Å². The van der Waals surface area contributed by atoms with Crippen molar-refractivity contribution in [3.63, 3.8) is 0 Å². The summed E-state index contributed by atoms with van der Waals surface area (Å²) in [5.74, 6) is -1.27. The Morgan fingerprint density at radius 2 is 1.83 bits per heavy atom. The molecule has 7 heteroatoms. The fourth-order valence-corrected chi connectivity index (χ4v) is 2.82. The molecule has 1 aliphatic heterocycles. The lowest BCUT2D eigenvalue weighted by Crippen LogP contribution is -2.50. The SMILES string of the molecule is CC(c1ccc(Cl)cc1)N1CCN(CC(=O)NCC(=O)O)CC1. The number of hydrogen-bond acceptors (Lipinski definition) is 4. The molecular weight excluding hydrogens is 318 g/mol. The maximum absolute atomic E-state index is 11.6. The van der Waals surface area contributed by atoms with Crippen molar-refractivity contribution in [3.05, 3.63) is 34.9 Å². The highest BCUT2D eigenvalue weighted by Gasteiger charge is 2.23. The summed E-state index contributed by atoms with van der Waals surface area (Å²) in [7, 11) is 0. The van der Waals surface area contributed by atoms with Gasteiger partial charge in [0.1, 0.15) is 6.54 Å². The number of nitrogens with zero attached hydrogens (tertiary/aromatic N) is 2. The summed E-state index contributed by atoms with van der Waals surface area (Å²) < 4.78 is 0. The number of carbonyl (C=O) groups is 2. The zero-order chi connectivity index (χ0) is 16.8. The highest BCUT2D eigenvalue weighted by Crippen LogP contribution is 2.23. The Labute approximate surface area is 141 Å². The highest BCUT2D eigenvalue weighted by atomic mass is 35.5. The number of aliphatic carboxylic acids is 1. The zero-order valence-corrected chi connectivity index (χ0v) is 13.9. The van der Waals surface area contributed by atoms with Crippen molar-refractivity contribution in [2.75, 3.05) is 39.3 Å². The van der Waals surface area contributed by atoms with Gasteiger partial charge in [-0.25, -0.2) is 0 Å². The van der Waals surface area contributed by atoms with Crippen LogP contribution in [-0.4, -0.2) is 66.1 Å². The molecule has 1 saturated heterocycles. The minimum absolute atomic E-state index is 0.244. The van der Waals surface area contributed by atoms with E-state index < -0.39 is 5.97 Å². The number of hydrogen-bond donors (Lipinski definition) is 2. The number of carbonyl (C=O) groups excluding carboxylic acids is 1. The Morgan fingerprint density at radius 1 is 1.22 bits per heavy atom. The first kappa shape index (κ1) is 17.7. The van der Waals surface area contributed by atoms with Gasteiger partial charge in [-0.15, -0.1) is 0 Å². The largest absolute Gasteiger partial charge is 0.480 e. The van der Waals surface area contributed by atoms with E-state index in [1.54, 1.807) is 0 Å². The minimum Gasteiger partial charge on any atom is -0.480 e. The van der Waals surface area contributed by atoms with Crippen LogP contribution < -0.4 is 5.32 Å². The van der Waals surface area contributed by atoms with Crippen LogP contribution in [0.3, 0.4) is 0 Å². The Hall–Kier alpha value is -1.63. The molecule has 0 aliphatic carbocycles. The van der Waals surface area contributed by atoms with Crippen LogP contribution >= 0.6 is 11.6 Å². The van der Waals surface area contributed by atoms with Crippen LogP contribution in [0.4, 0.5) is 0 Å². The Morgan fingerprint density at radius 3 is 2.39 bits per heavy atom. The van der Waals surface area contributed by atoms with Gasteiger partial charge in [-0.1, -0.05) is 23.7 Å². The molecule has 0 saturated carbocycles. The summed E-state index contributed by atoms with van der Waals surface area (Å²) in [5.41, 5.74) is 1.22. The predicted molar refractivity (Wildman–Crippen MR) is 88.5 cm³/mol. The van der Waals surface area contributed by atoms with E-state index >= 15 is 0 Å². The maximum Gasteiger partial charge on any atom is 0.322 e. The second kappa shape index (κ2) is 8.29. The fourth-order valence-electron chi connectivity index (χ4n) is 2.69. The standard InChI is InChI=1S/C16H22ClN3O3/c1-12(13-2-4-14(17)5-3-13)20-8-6-19(7-9-20)11-15(21)18-10-16(22)23/h2-5,12H,6-11H2,1H3,(H,18,21)(H,22,23). The second-order valence-electron chi connectivity index (χ2n) is 5.71. The Kier molecular flexibility index (Phi) is 6.38. The molecule has 1 aromatic rings. The smallest absolute Gasteiger partial charge is 0.322 e. The van der Waals surface area contributed by atoms with Gasteiger partial charge in [-0.05, 0) is 24.6 Å². The van der Waals surface area contributed by atoms with Gasteiger partial charge in [-0.2, -0.15) is 0 Å². The van der Waals surface area contributed by atoms with Crippen LogP contribution in [0.5, 0.6) is 0 Å². The molecular formula is C16H22ClN3O3. The number of benzene rings is 1. The number of carboxylic acids is 1. The normalized spacial score (nSPS) is 17.7. The van der Waals surface area contributed by atoms with Crippen LogP contribution in [0.15, 0.2) is 24.3 Å². The molecule has 0 bridgehead atoms. The zero-order valence-electron chi connectivity index (χ0n) is 13.2. The molecule has 2 N–H and O–H groups in total. The van der Waals surface area contributed by atoms with E-state index in [9.17, 15) is 9.59 Å². The summed E-state index contributed by atoms with van der Waals surface area (Å²) in [6, 6.07) is 8.18. The lowest BCUT2D eigenvalue weighted by atomic mass is 10.1. The van der Waals surface area contributed by atoms with E-state index in [1.165, 1.54) is 5.56 Å². The monoisotopic (exact) mass is 339 g/mol. The molecule has 1 amide bonds. The average molecular weight is 340 g/mol. The van der Waals surface area contributed by atoms with Gasteiger partial charge < -0.3 is 10.4 Å². The van der Waals surface area contributed by atoms with Gasteiger partial charge in [0.05, 0.1) is 6.54 Å². The van der Waals surface area contributed by atoms with Crippen LogP contribution in [0, 0.1) is 0 Å². The predicted octanol–water partition coefficient (Wildman–Crippen LogP) is 1.22. The first-order valence-electron chi connectivity index (χ1n) is 7.66. The maximum atomic E-state index is 11.6. The third-order valence-corrected chi connectivity index (χ3v) is 4.36. The van der Waals surface area contributed by atoms with Gasteiger partial charge in [0.2, 0.25) is 5.91 Å². The van der Waals surface area contributed by atoms with Crippen LogP contribution in [-0.2, 0) is 9.59 Å². The van der Waals surface area contributed by atoms with Crippen molar-refractivity contribution >= 4 is 23.5 Å². The van der Waals surface area contributed by atoms with E-state index in [0.29, 0.717) is 6.04 Å². The van der Waals surface area contributed by atoms with Gasteiger partial charge >= 0.3 is 5.97 Å². The highest BCUT2D eigenvalue weighted by molar-refractivity contribution is 6.30. The van der Waals surface area contributed by atoms with Crippen molar-refractivity contribution in [1.29, 1.82) is 0 Å². The lowest BCUT2D eigenvalue weighted by Gasteiger charge is -2.38. The van der Waals surface area contributed by atoms with Crippen molar-refractivity contribution in [2.24, 2.45) is 0 Å². The topological polar surface area (TPSA) is 72.9 Å². The van der Waals surface area contributed by atoms with E-state index in [1.807, 2.05) is 29.2 Å². The summed E-state index contributed by atoms with van der Waals surface area (Å²) in [6.07, 6.45) is 0. The average Bonchev–Trinajstić information content (AvgIpc) is 2.54. The third kappa shape index (κ3) is 5.49. The molecule has 126 valence electrons. The van der Waals surface area contributed by atoms with Crippen molar-refractivity contribution < 1.29 is 14.7 Å². The summed E-state index contributed by atoms with van der Waals surface area (Å²) >= 11 is 5.92. The molecule has 1 aliphatic rings.